The SMILES string of the molecule is Cc1ccc(C(C)(C)c2ccc(C)cc2)cc1.Cc1ccc(C)cc1.Cc1cccc(C)c1. The zero-order valence-corrected chi connectivity index (χ0v) is 21.7. The molecule has 4 aromatic carbocycles. The molecule has 0 radical (unpaired) electrons. The van der Waals surface area contributed by atoms with Crippen molar-refractivity contribution in [2.24, 2.45) is 0 Å². The van der Waals surface area contributed by atoms with Crippen LogP contribution in [-0.4, -0.2) is 0 Å². The minimum absolute atomic E-state index is 0.0708. The number of hydrogen-bond donors (Lipinski definition) is 0. The third-order valence-electron chi connectivity index (χ3n) is 5.94. The summed E-state index contributed by atoms with van der Waals surface area (Å²) in [6.45, 7) is 17.2. The van der Waals surface area contributed by atoms with E-state index in [0.717, 1.165) is 0 Å². The van der Waals surface area contributed by atoms with Gasteiger partial charge >= 0.3 is 0 Å². The molecule has 0 amide bonds. The van der Waals surface area contributed by atoms with Gasteiger partial charge in [-0.3, -0.25) is 0 Å². The average Bonchev–Trinajstić information content (AvgIpc) is 2.77. The summed E-state index contributed by atoms with van der Waals surface area (Å²) in [6, 6.07) is 34.6. The number of aryl methyl sites for hydroxylation is 6. The van der Waals surface area contributed by atoms with E-state index >= 15 is 0 Å². The summed E-state index contributed by atoms with van der Waals surface area (Å²) < 4.78 is 0. The molecule has 0 aliphatic rings. The predicted octanol–water partition coefficient (Wildman–Crippen LogP) is 9.24. The molecule has 0 saturated carbocycles. The first-order valence-electron chi connectivity index (χ1n) is 11.8. The fraction of sp³-hybridized carbons (Fsp3) is 0.273. The first-order chi connectivity index (χ1) is 15.6. The lowest BCUT2D eigenvalue weighted by molar-refractivity contribution is 0.640. The van der Waals surface area contributed by atoms with E-state index in [-0.39, 0.29) is 5.41 Å². The molecule has 0 heteroatoms. The quantitative estimate of drug-likeness (QED) is 0.294. The summed E-state index contributed by atoms with van der Waals surface area (Å²) >= 11 is 0. The Balaban J connectivity index is 0.000000200. The van der Waals surface area contributed by atoms with Gasteiger partial charge in [0.2, 0.25) is 0 Å². The van der Waals surface area contributed by atoms with Crippen molar-refractivity contribution in [1.82, 2.24) is 0 Å². The highest BCUT2D eigenvalue weighted by molar-refractivity contribution is 5.39. The number of rotatable bonds is 2. The molecule has 33 heavy (non-hydrogen) atoms. The molecule has 4 rings (SSSR count). The molecule has 0 fully saturated rings. The molecular formula is C33H40. The monoisotopic (exact) mass is 436 g/mol. The van der Waals surface area contributed by atoms with Crippen LogP contribution in [0.3, 0.4) is 0 Å². The van der Waals surface area contributed by atoms with E-state index in [4.69, 9.17) is 0 Å². The zero-order chi connectivity index (χ0) is 24.4. The second-order valence-electron chi connectivity index (χ2n) is 9.67. The Bertz CT molecular complexity index is 1010. The van der Waals surface area contributed by atoms with Crippen LogP contribution in [-0.2, 0) is 5.41 Å². The Hall–Kier alpha value is -3.12. The molecule has 0 unspecified atom stereocenters. The van der Waals surface area contributed by atoms with E-state index in [1.807, 2.05) is 0 Å². The lowest BCUT2D eigenvalue weighted by atomic mass is 9.78. The van der Waals surface area contributed by atoms with Crippen molar-refractivity contribution in [3.05, 3.63) is 142 Å². The number of benzene rings is 4. The fourth-order valence-corrected chi connectivity index (χ4v) is 3.55. The van der Waals surface area contributed by atoms with Gasteiger partial charge < -0.3 is 0 Å². The zero-order valence-electron chi connectivity index (χ0n) is 21.7. The molecule has 0 bridgehead atoms. The molecular weight excluding hydrogens is 396 g/mol. The van der Waals surface area contributed by atoms with E-state index in [2.05, 4.69) is 152 Å². The van der Waals surface area contributed by atoms with Crippen LogP contribution in [0.25, 0.3) is 0 Å². The van der Waals surface area contributed by atoms with Crippen LogP contribution >= 0.6 is 0 Å². The maximum absolute atomic E-state index is 2.28. The van der Waals surface area contributed by atoms with Gasteiger partial charge in [0.15, 0.2) is 0 Å². The molecule has 172 valence electrons. The second-order valence-corrected chi connectivity index (χ2v) is 9.67. The Morgan fingerprint density at radius 2 is 0.636 bits per heavy atom. The maximum atomic E-state index is 2.28. The standard InChI is InChI=1S/C17H20.2C8H10/c1-13-5-9-15(10-6-13)17(3,4)16-11-7-14(2)8-12-16;1-7-3-5-8(2)6-4-7;1-7-4-3-5-8(2)6-7/h5-12H,1-4H3;2*3-6H,1-2H3. The third-order valence-corrected chi connectivity index (χ3v) is 5.94. The molecule has 0 nitrogen and oxygen atoms in total. The molecule has 4 aromatic rings. The molecule has 0 heterocycles. The highest BCUT2D eigenvalue weighted by Gasteiger charge is 2.22. The van der Waals surface area contributed by atoms with Gasteiger partial charge in [0, 0.05) is 5.41 Å². The summed E-state index contributed by atoms with van der Waals surface area (Å²) in [4.78, 5) is 0. The summed E-state index contributed by atoms with van der Waals surface area (Å²) in [5.74, 6) is 0. The van der Waals surface area contributed by atoms with Crippen LogP contribution < -0.4 is 0 Å². The summed E-state index contributed by atoms with van der Waals surface area (Å²) in [7, 11) is 0. The Kier molecular flexibility index (Phi) is 9.67. The van der Waals surface area contributed by atoms with E-state index in [9.17, 15) is 0 Å². The topological polar surface area (TPSA) is 0 Å². The minimum Gasteiger partial charge on any atom is -0.0617 e. The van der Waals surface area contributed by atoms with Crippen LogP contribution in [0.4, 0.5) is 0 Å². The number of hydrogen-bond acceptors (Lipinski definition) is 0. The summed E-state index contributed by atoms with van der Waals surface area (Å²) in [6.07, 6.45) is 0. The van der Waals surface area contributed by atoms with E-state index < -0.39 is 0 Å². The van der Waals surface area contributed by atoms with Crippen molar-refractivity contribution >= 4 is 0 Å². The first kappa shape index (κ1) is 26.1. The molecule has 0 aliphatic heterocycles. The van der Waals surface area contributed by atoms with Gasteiger partial charge in [-0.1, -0.05) is 144 Å². The van der Waals surface area contributed by atoms with Crippen LogP contribution in [0.2, 0.25) is 0 Å². The van der Waals surface area contributed by atoms with Gasteiger partial charge in [0.25, 0.3) is 0 Å². The van der Waals surface area contributed by atoms with E-state index in [1.54, 1.807) is 0 Å². The Morgan fingerprint density at radius 3 is 0.879 bits per heavy atom. The van der Waals surface area contributed by atoms with Crippen LogP contribution in [0.5, 0.6) is 0 Å². The van der Waals surface area contributed by atoms with Crippen molar-refractivity contribution < 1.29 is 0 Å². The minimum atomic E-state index is 0.0708. The molecule has 0 N–H and O–H groups in total. The van der Waals surface area contributed by atoms with Crippen LogP contribution in [0, 0.1) is 41.5 Å². The van der Waals surface area contributed by atoms with E-state index in [1.165, 1.54) is 44.5 Å². The Labute approximate surface area is 202 Å². The molecule has 0 atom stereocenters. The molecule has 0 saturated heterocycles. The molecule has 0 aromatic heterocycles. The van der Waals surface area contributed by atoms with E-state index in [0.29, 0.717) is 0 Å². The molecule has 0 spiro atoms. The Morgan fingerprint density at radius 1 is 0.364 bits per heavy atom. The first-order valence-corrected chi connectivity index (χ1v) is 11.8. The second kappa shape index (κ2) is 12.2. The summed E-state index contributed by atoms with van der Waals surface area (Å²) in [5.41, 5.74) is 10.8. The van der Waals surface area contributed by atoms with Crippen LogP contribution in [0.15, 0.2) is 97.1 Å². The predicted molar refractivity (Wildman–Crippen MR) is 146 cm³/mol. The highest BCUT2D eigenvalue weighted by atomic mass is 14.3. The smallest absolute Gasteiger partial charge is 0.0146 e. The van der Waals surface area contributed by atoms with Gasteiger partial charge in [0.1, 0.15) is 0 Å². The van der Waals surface area contributed by atoms with Crippen molar-refractivity contribution in [2.45, 2.75) is 60.8 Å². The van der Waals surface area contributed by atoms with Crippen LogP contribution in [0.1, 0.15) is 58.4 Å². The van der Waals surface area contributed by atoms with Crippen molar-refractivity contribution in [3.63, 3.8) is 0 Å². The van der Waals surface area contributed by atoms with Gasteiger partial charge in [-0.25, -0.2) is 0 Å². The summed E-state index contributed by atoms with van der Waals surface area (Å²) in [5, 5.41) is 0. The fourth-order valence-electron chi connectivity index (χ4n) is 3.55. The lowest BCUT2D eigenvalue weighted by Gasteiger charge is -2.26. The van der Waals surface area contributed by atoms with Crippen molar-refractivity contribution in [2.75, 3.05) is 0 Å². The highest BCUT2D eigenvalue weighted by Crippen LogP contribution is 2.31. The molecule has 0 aliphatic carbocycles. The van der Waals surface area contributed by atoms with Gasteiger partial charge in [-0.15, -0.1) is 0 Å². The van der Waals surface area contributed by atoms with Gasteiger partial charge in [-0.2, -0.15) is 0 Å². The lowest BCUT2D eigenvalue weighted by Crippen LogP contribution is -2.18. The third kappa shape index (κ3) is 8.73. The normalized spacial score (nSPS) is 10.4. The van der Waals surface area contributed by atoms with Gasteiger partial charge in [-0.05, 0) is 52.7 Å². The van der Waals surface area contributed by atoms with Crippen molar-refractivity contribution in [1.29, 1.82) is 0 Å². The van der Waals surface area contributed by atoms with Gasteiger partial charge in [0.05, 0.1) is 0 Å². The maximum Gasteiger partial charge on any atom is 0.0146 e. The largest absolute Gasteiger partial charge is 0.0617 e. The average molecular weight is 437 g/mol. The van der Waals surface area contributed by atoms with Crippen molar-refractivity contribution in [3.8, 4) is 0 Å².